The Hall–Kier alpha value is -1.94. The third kappa shape index (κ3) is 61.3. The van der Waals surface area contributed by atoms with Crippen LogP contribution in [-0.4, -0.2) is 96.7 Å². The zero-order valence-electron chi connectivity index (χ0n) is 56.6. The zero-order chi connectivity index (χ0) is 64.7. The quantitative estimate of drug-likeness (QED) is 0.0222. The number of hydrogen-bond donors (Lipinski definition) is 3. The van der Waals surface area contributed by atoms with E-state index in [4.69, 9.17) is 37.0 Å². The third-order valence-corrected chi connectivity index (χ3v) is 17.8. The molecule has 0 amide bonds. The van der Waals surface area contributed by atoms with E-state index in [1.807, 2.05) is 0 Å². The number of aliphatic hydroxyl groups excluding tert-OH is 1. The van der Waals surface area contributed by atoms with Gasteiger partial charge in [-0.15, -0.1) is 0 Å². The van der Waals surface area contributed by atoms with E-state index in [0.29, 0.717) is 31.6 Å². The van der Waals surface area contributed by atoms with Crippen molar-refractivity contribution in [2.45, 2.75) is 350 Å². The van der Waals surface area contributed by atoms with Gasteiger partial charge < -0.3 is 33.8 Å². The van der Waals surface area contributed by atoms with Gasteiger partial charge in [-0.05, 0) is 49.4 Å². The fourth-order valence-electron chi connectivity index (χ4n) is 10.1. The van der Waals surface area contributed by atoms with Crippen LogP contribution >= 0.6 is 15.6 Å². The SMILES string of the molecule is CCC(C)CCCCCCCCC(=O)O[C@H](COC(=O)CCCCCCCCCCCCC(C)C)COP(=O)(O)OCC(O)COP(=O)(O)OC[C@@H](COC(=O)CCCCCCCCCC(C)C)OC(=O)CCCCCCCCCCCCCC(C)C. The van der Waals surface area contributed by atoms with Crippen LogP contribution < -0.4 is 0 Å². The number of ether oxygens (including phenoxy) is 4. The maximum Gasteiger partial charge on any atom is 0.472 e. The molecule has 4 unspecified atom stereocenters. The Balaban J connectivity index is 5.25. The van der Waals surface area contributed by atoms with Crippen LogP contribution in [0.25, 0.3) is 0 Å². The zero-order valence-corrected chi connectivity index (χ0v) is 58.4. The molecular weight excluding hydrogens is 1150 g/mol. The fraction of sp³-hybridized carbons (Fsp3) is 0.941. The smallest absolute Gasteiger partial charge is 0.462 e. The molecule has 3 N–H and O–H groups in total. The normalized spacial score (nSPS) is 14.6. The van der Waals surface area contributed by atoms with Crippen LogP contribution in [0.15, 0.2) is 0 Å². The molecule has 0 aromatic heterocycles. The van der Waals surface area contributed by atoms with Crippen molar-refractivity contribution in [2.24, 2.45) is 23.7 Å². The summed E-state index contributed by atoms with van der Waals surface area (Å²) in [5.41, 5.74) is 0. The second-order valence-electron chi connectivity index (χ2n) is 26.2. The first-order chi connectivity index (χ1) is 41.6. The van der Waals surface area contributed by atoms with Crippen molar-refractivity contribution >= 4 is 39.5 Å². The summed E-state index contributed by atoms with van der Waals surface area (Å²) in [5.74, 6) is 0.814. The van der Waals surface area contributed by atoms with Crippen LogP contribution in [0, 0.1) is 23.7 Å². The molecule has 0 aromatic carbocycles. The van der Waals surface area contributed by atoms with E-state index >= 15 is 0 Å². The van der Waals surface area contributed by atoms with Crippen LogP contribution in [0.5, 0.6) is 0 Å². The number of rotatable bonds is 65. The number of phosphoric acid groups is 2. The van der Waals surface area contributed by atoms with Crippen molar-refractivity contribution in [3.8, 4) is 0 Å². The molecule has 0 rings (SSSR count). The van der Waals surface area contributed by atoms with Gasteiger partial charge in [-0.25, -0.2) is 9.13 Å². The maximum absolute atomic E-state index is 13.0. The van der Waals surface area contributed by atoms with Crippen LogP contribution in [0.1, 0.15) is 331 Å². The lowest BCUT2D eigenvalue weighted by atomic mass is 10.00. The predicted molar refractivity (Wildman–Crippen MR) is 349 cm³/mol. The van der Waals surface area contributed by atoms with Gasteiger partial charge in [0.2, 0.25) is 0 Å². The summed E-state index contributed by atoms with van der Waals surface area (Å²) < 4.78 is 68.2. The van der Waals surface area contributed by atoms with Gasteiger partial charge in [-0.1, -0.05) is 280 Å². The van der Waals surface area contributed by atoms with Crippen LogP contribution in [0.2, 0.25) is 0 Å². The second-order valence-corrected chi connectivity index (χ2v) is 29.1. The lowest BCUT2D eigenvalue weighted by molar-refractivity contribution is -0.161. The van der Waals surface area contributed by atoms with Gasteiger partial charge in [0.25, 0.3) is 0 Å². The first-order valence-corrected chi connectivity index (χ1v) is 38.2. The molecule has 0 aliphatic rings. The summed E-state index contributed by atoms with van der Waals surface area (Å²) in [6.45, 7) is 14.0. The lowest BCUT2D eigenvalue weighted by Crippen LogP contribution is -2.30. The number of esters is 4. The van der Waals surface area contributed by atoms with Gasteiger partial charge in [-0.3, -0.25) is 37.3 Å². The molecule has 19 heteroatoms. The fourth-order valence-corrected chi connectivity index (χ4v) is 11.7. The number of carbonyl (C=O) groups excluding carboxylic acids is 4. The molecule has 0 aliphatic carbocycles. The molecule has 516 valence electrons. The predicted octanol–water partition coefficient (Wildman–Crippen LogP) is 18.9. The number of carbonyl (C=O) groups is 4. The van der Waals surface area contributed by atoms with E-state index in [2.05, 4.69) is 55.4 Å². The molecule has 87 heavy (non-hydrogen) atoms. The van der Waals surface area contributed by atoms with Gasteiger partial charge in [0.15, 0.2) is 12.2 Å². The molecule has 0 heterocycles. The third-order valence-electron chi connectivity index (χ3n) is 15.9. The molecule has 0 aromatic rings. The lowest BCUT2D eigenvalue weighted by Gasteiger charge is -2.21. The molecule has 0 spiro atoms. The van der Waals surface area contributed by atoms with E-state index in [1.54, 1.807) is 0 Å². The van der Waals surface area contributed by atoms with Gasteiger partial charge in [-0.2, -0.15) is 0 Å². The highest BCUT2D eigenvalue weighted by Gasteiger charge is 2.30. The van der Waals surface area contributed by atoms with E-state index < -0.39 is 97.5 Å². The minimum absolute atomic E-state index is 0.102. The second kappa shape index (κ2) is 57.9. The van der Waals surface area contributed by atoms with E-state index in [9.17, 15) is 43.2 Å². The van der Waals surface area contributed by atoms with E-state index in [1.165, 1.54) is 128 Å². The number of hydrogen-bond acceptors (Lipinski definition) is 15. The van der Waals surface area contributed by atoms with Crippen LogP contribution in [0.3, 0.4) is 0 Å². The van der Waals surface area contributed by atoms with Crippen LogP contribution in [-0.2, 0) is 65.4 Å². The van der Waals surface area contributed by atoms with Crippen molar-refractivity contribution in [3.05, 3.63) is 0 Å². The van der Waals surface area contributed by atoms with Gasteiger partial charge >= 0.3 is 39.5 Å². The molecule has 0 saturated heterocycles. The molecule has 0 saturated carbocycles. The summed E-state index contributed by atoms with van der Waals surface area (Å²) in [7, 11) is -9.90. The van der Waals surface area contributed by atoms with Crippen molar-refractivity contribution in [1.82, 2.24) is 0 Å². The standard InChI is InChI=1S/C68H132O17P2/c1-9-61(8)47-39-31-26-27-35-43-51-68(73)85-64(55-78-65(70)48-40-32-23-17-14-13-16-21-29-37-45-59(4)5)57-83-87(76,77)81-53-62(69)52-80-86(74,75)82-56-63(54-79-66(71)49-41-33-25-19-22-30-38-46-60(6)7)84-67(72)50-42-34-24-18-12-10-11-15-20-28-36-44-58(2)3/h58-64,69H,9-57H2,1-8H3,(H,74,75)(H,76,77)/t61?,62?,63-,64-/m1/s1. The van der Waals surface area contributed by atoms with Crippen LogP contribution in [0.4, 0.5) is 0 Å². The summed E-state index contributed by atoms with van der Waals surface area (Å²) in [4.78, 5) is 72.4. The average Bonchev–Trinajstić information content (AvgIpc) is 3.61. The Labute approximate surface area is 530 Å². The Morgan fingerprint density at radius 3 is 0.816 bits per heavy atom. The molecule has 6 atom stereocenters. The Morgan fingerprint density at radius 2 is 0.552 bits per heavy atom. The molecule has 0 bridgehead atoms. The van der Waals surface area contributed by atoms with Gasteiger partial charge in [0.05, 0.1) is 26.4 Å². The first kappa shape index (κ1) is 85.1. The summed E-state index contributed by atoms with van der Waals surface area (Å²) in [6.07, 6.45) is 39.0. The molecular formula is C68H132O17P2. The summed E-state index contributed by atoms with van der Waals surface area (Å²) in [6, 6.07) is 0. The van der Waals surface area contributed by atoms with Gasteiger partial charge in [0.1, 0.15) is 19.3 Å². The molecule has 0 aliphatic heterocycles. The van der Waals surface area contributed by atoms with Crippen molar-refractivity contribution < 1.29 is 80.2 Å². The molecule has 17 nitrogen and oxygen atoms in total. The summed E-state index contributed by atoms with van der Waals surface area (Å²) in [5, 5.41) is 10.6. The van der Waals surface area contributed by atoms with Crippen molar-refractivity contribution in [3.63, 3.8) is 0 Å². The number of phosphoric ester groups is 2. The number of unbranched alkanes of at least 4 members (excludes halogenated alkanes) is 30. The first-order valence-electron chi connectivity index (χ1n) is 35.2. The highest BCUT2D eigenvalue weighted by Crippen LogP contribution is 2.45. The Bertz CT molecular complexity index is 1730. The largest absolute Gasteiger partial charge is 0.472 e. The monoisotopic (exact) mass is 1280 g/mol. The summed E-state index contributed by atoms with van der Waals surface area (Å²) >= 11 is 0. The van der Waals surface area contributed by atoms with Crippen molar-refractivity contribution in [1.29, 1.82) is 0 Å². The average molecular weight is 1280 g/mol. The van der Waals surface area contributed by atoms with E-state index in [0.717, 1.165) is 114 Å². The highest BCUT2D eigenvalue weighted by molar-refractivity contribution is 7.47. The molecule has 0 fully saturated rings. The Kier molecular flexibility index (Phi) is 56.6. The van der Waals surface area contributed by atoms with E-state index in [-0.39, 0.29) is 25.7 Å². The maximum atomic E-state index is 13.0. The minimum Gasteiger partial charge on any atom is -0.462 e. The van der Waals surface area contributed by atoms with Gasteiger partial charge in [0, 0.05) is 25.7 Å². The molecule has 0 radical (unpaired) electrons. The number of aliphatic hydroxyl groups is 1. The minimum atomic E-state index is -4.95. The Morgan fingerprint density at radius 1 is 0.322 bits per heavy atom. The van der Waals surface area contributed by atoms with Crippen molar-refractivity contribution in [2.75, 3.05) is 39.6 Å². The highest BCUT2D eigenvalue weighted by atomic mass is 31.2. The topological polar surface area (TPSA) is 237 Å².